The molecule has 0 radical (unpaired) electrons. The fraction of sp³-hybridized carbons (Fsp3) is 0.286. The molecular weight excluding hydrogens is 357 g/mol. The molecule has 0 aliphatic rings. The number of rotatable bonds is 4. The summed E-state index contributed by atoms with van der Waals surface area (Å²) < 4.78 is 5.87. The Labute approximate surface area is 124 Å². The lowest BCUT2D eigenvalue weighted by Crippen LogP contribution is -2.21. The van der Waals surface area contributed by atoms with E-state index < -0.39 is 5.63 Å². The minimum Gasteiger partial charge on any atom is -0.422 e. The highest BCUT2D eigenvalue weighted by Gasteiger charge is 2.13. The molecule has 0 aliphatic carbocycles. The van der Waals surface area contributed by atoms with Crippen LogP contribution < -0.4 is 10.5 Å². The van der Waals surface area contributed by atoms with Crippen molar-refractivity contribution in [2.24, 2.45) is 0 Å². The van der Waals surface area contributed by atoms with E-state index in [0.717, 1.165) is 24.2 Å². The van der Waals surface area contributed by atoms with Gasteiger partial charge in [-0.3, -0.25) is 4.79 Å². The van der Waals surface area contributed by atoms with Crippen molar-refractivity contribution < 1.29 is 9.21 Å². The van der Waals surface area contributed by atoms with Crippen molar-refractivity contribution in [1.29, 1.82) is 0 Å². The van der Waals surface area contributed by atoms with Crippen LogP contribution in [0.4, 0.5) is 5.69 Å². The summed E-state index contributed by atoms with van der Waals surface area (Å²) >= 11 is 2.01. The van der Waals surface area contributed by atoms with Crippen LogP contribution in [0.25, 0.3) is 11.0 Å². The molecule has 0 N–H and O–H groups in total. The van der Waals surface area contributed by atoms with Gasteiger partial charge in [0.1, 0.15) is 11.1 Å². The highest BCUT2D eigenvalue weighted by molar-refractivity contribution is 14.1. The molecule has 0 amide bonds. The molecule has 0 bridgehead atoms. The summed E-state index contributed by atoms with van der Waals surface area (Å²) in [6.45, 7) is 5.91. The molecule has 0 saturated heterocycles. The highest BCUT2D eigenvalue weighted by atomic mass is 127. The van der Waals surface area contributed by atoms with E-state index in [2.05, 4.69) is 18.7 Å². The van der Waals surface area contributed by atoms with E-state index in [1.807, 2.05) is 40.8 Å². The van der Waals surface area contributed by atoms with E-state index in [1.165, 1.54) is 0 Å². The van der Waals surface area contributed by atoms with Crippen molar-refractivity contribution >= 4 is 45.5 Å². The van der Waals surface area contributed by atoms with Gasteiger partial charge < -0.3 is 9.32 Å². The van der Waals surface area contributed by atoms with Crippen LogP contribution in [0.2, 0.25) is 0 Å². The van der Waals surface area contributed by atoms with Gasteiger partial charge in [-0.2, -0.15) is 0 Å². The number of hydrogen-bond donors (Lipinski definition) is 0. The van der Waals surface area contributed by atoms with Crippen LogP contribution in [0, 0.1) is 3.57 Å². The lowest BCUT2D eigenvalue weighted by molar-refractivity contribution is 0.111. The van der Waals surface area contributed by atoms with Gasteiger partial charge in [-0.25, -0.2) is 4.79 Å². The number of carbonyl (C=O) groups excluding carboxylic acids is 1. The van der Waals surface area contributed by atoms with Gasteiger partial charge in [-0.1, -0.05) is 0 Å². The molecule has 2 rings (SSSR count). The fourth-order valence-corrected chi connectivity index (χ4v) is 2.84. The molecule has 19 heavy (non-hydrogen) atoms. The predicted octanol–water partition coefficient (Wildman–Crippen LogP) is 3.06. The fourth-order valence-electron chi connectivity index (χ4n) is 2.05. The summed E-state index contributed by atoms with van der Waals surface area (Å²) in [5.41, 5.74) is 1.03. The second kappa shape index (κ2) is 5.73. The van der Waals surface area contributed by atoms with Crippen molar-refractivity contribution in [3.05, 3.63) is 37.8 Å². The molecule has 5 heteroatoms. The number of carbonyl (C=O) groups is 1. The standard InChI is InChI=1S/C14H14INO3/c1-3-16(4-2)9-5-6-10-12(7-9)19-14(18)11(8-17)13(10)15/h5-8H,3-4H2,1-2H3. The van der Waals surface area contributed by atoms with Crippen LogP contribution in [0.5, 0.6) is 0 Å². The van der Waals surface area contributed by atoms with Crippen molar-refractivity contribution in [1.82, 2.24) is 0 Å². The van der Waals surface area contributed by atoms with Gasteiger partial charge in [0.2, 0.25) is 0 Å². The van der Waals surface area contributed by atoms with Gasteiger partial charge in [-0.05, 0) is 48.6 Å². The minimum absolute atomic E-state index is 0.0867. The Morgan fingerprint density at radius 1 is 1.32 bits per heavy atom. The highest BCUT2D eigenvalue weighted by Crippen LogP contribution is 2.25. The van der Waals surface area contributed by atoms with Crippen LogP contribution in [-0.2, 0) is 0 Å². The molecule has 0 aliphatic heterocycles. The molecule has 4 nitrogen and oxygen atoms in total. The Hall–Kier alpha value is -1.37. The average Bonchev–Trinajstić information content (AvgIpc) is 2.40. The molecule has 1 aromatic carbocycles. The Morgan fingerprint density at radius 3 is 2.58 bits per heavy atom. The number of hydrogen-bond acceptors (Lipinski definition) is 4. The number of anilines is 1. The van der Waals surface area contributed by atoms with Crippen molar-refractivity contribution in [3.8, 4) is 0 Å². The Balaban J connectivity index is 2.68. The van der Waals surface area contributed by atoms with Crippen LogP contribution >= 0.6 is 22.6 Å². The first-order valence-corrected chi connectivity index (χ1v) is 7.16. The molecule has 2 aromatic rings. The third kappa shape index (κ3) is 2.51. The number of benzene rings is 1. The normalized spacial score (nSPS) is 10.7. The van der Waals surface area contributed by atoms with Crippen LogP contribution in [0.15, 0.2) is 27.4 Å². The molecule has 1 aromatic heterocycles. The molecule has 0 atom stereocenters. The van der Waals surface area contributed by atoms with Gasteiger partial charge in [-0.15, -0.1) is 0 Å². The zero-order valence-electron chi connectivity index (χ0n) is 10.8. The van der Waals surface area contributed by atoms with Gasteiger partial charge in [0, 0.05) is 33.8 Å². The SMILES string of the molecule is CCN(CC)c1ccc2c(I)c(C=O)c(=O)oc2c1. The zero-order chi connectivity index (χ0) is 14.0. The lowest BCUT2D eigenvalue weighted by Gasteiger charge is -2.21. The number of fused-ring (bicyclic) bond motifs is 1. The van der Waals surface area contributed by atoms with Crippen molar-refractivity contribution in [3.63, 3.8) is 0 Å². The number of aldehydes is 1. The second-order valence-corrected chi connectivity index (χ2v) is 5.17. The first-order valence-electron chi connectivity index (χ1n) is 6.08. The first kappa shape index (κ1) is 14.0. The maximum absolute atomic E-state index is 11.7. The second-order valence-electron chi connectivity index (χ2n) is 4.09. The van der Waals surface area contributed by atoms with E-state index >= 15 is 0 Å². The number of halogens is 1. The largest absolute Gasteiger partial charge is 0.422 e. The van der Waals surface area contributed by atoms with Gasteiger partial charge in [0.25, 0.3) is 0 Å². The molecule has 0 unspecified atom stereocenters. The van der Waals surface area contributed by atoms with E-state index in [0.29, 0.717) is 15.4 Å². The number of nitrogens with zero attached hydrogens (tertiary/aromatic N) is 1. The van der Waals surface area contributed by atoms with Crippen LogP contribution in [0.3, 0.4) is 0 Å². The summed E-state index contributed by atoms with van der Waals surface area (Å²) in [5, 5.41) is 0.790. The third-order valence-electron chi connectivity index (χ3n) is 3.11. The van der Waals surface area contributed by atoms with Gasteiger partial charge >= 0.3 is 5.63 Å². The topological polar surface area (TPSA) is 50.5 Å². The van der Waals surface area contributed by atoms with Crippen molar-refractivity contribution in [2.45, 2.75) is 13.8 Å². The summed E-state index contributed by atoms with van der Waals surface area (Å²) in [6, 6.07) is 5.72. The maximum atomic E-state index is 11.7. The summed E-state index contributed by atoms with van der Waals surface area (Å²) in [6.07, 6.45) is 0.547. The molecular formula is C14H14INO3. The Kier molecular flexibility index (Phi) is 4.24. The van der Waals surface area contributed by atoms with E-state index in [1.54, 1.807) is 0 Å². The van der Waals surface area contributed by atoms with Crippen LogP contribution in [0.1, 0.15) is 24.2 Å². The summed E-state index contributed by atoms with van der Waals surface area (Å²) in [4.78, 5) is 24.7. The van der Waals surface area contributed by atoms with E-state index in [-0.39, 0.29) is 5.56 Å². The minimum atomic E-state index is -0.580. The first-order chi connectivity index (χ1) is 9.12. The quantitative estimate of drug-likeness (QED) is 0.471. The third-order valence-corrected chi connectivity index (χ3v) is 4.27. The zero-order valence-corrected chi connectivity index (χ0v) is 12.9. The van der Waals surface area contributed by atoms with Crippen LogP contribution in [-0.4, -0.2) is 19.4 Å². The predicted molar refractivity (Wildman–Crippen MR) is 84.1 cm³/mol. The summed E-state index contributed by atoms with van der Waals surface area (Å²) in [7, 11) is 0. The molecule has 0 spiro atoms. The Morgan fingerprint density at radius 2 is 2.00 bits per heavy atom. The molecule has 100 valence electrons. The molecule has 0 saturated carbocycles. The van der Waals surface area contributed by atoms with Crippen molar-refractivity contribution in [2.75, 3.05) is 18.0 Å². The lowest BCUT2D eigenvalue weighted by atomic mass is 10.1. The monoisotopic (exact) mass is 371 g/mol. The maximum Gasteiger partial charge on any atom is 0.348 e. The van der Waals surface area contributed by atoms with E-state index in [4.69, 9.17) is 4.42 Å². The summed E-state index contributed by atoms with van der Waals surface area (Å²) in [5.74, 6) is 0. The Bertz CT molecular complexity index is 674. The van der Waals surface area contributed by atoms with Gasteiger partial charge in [0.05, 0.1) is 0 Å². The van der Waals surface area contributed by atoms with Gasteiger partial charge in [0.15, 0.2) is 6.29 Å². The smallest absolute Gasteiger partial charge is 0.348 e. The average molecular weight is 371 g/mol. The van der Waals surface area contributed by atoms with E-state index in [9.17, 15) is 9.59 Å². The molecule has 1 heterocycles. The molecule has 0 fully saturated rings.